The van der Waals surface area contributed by atoms with Crippen molar-refractivity contribution >= 4 is 11.7 Å². The molecule has 1 saturated heterocycles. The molecule has 4 rings (SSSR count). The SMILES string of the molecule is COC1CC(NC(=O)c2nc(C(C)c3ccc(F)cc3)c(NCCN3CCCC3)nc2C)C1. The average Bonchev–Trinajstić information content (AvgIpc) is 3.29. The molecule has 1 aliphatic heterocycles. The normalized spacial score (nSPS) is 21.5. The molecule has 0 radical (unpaired) electrons. The summed E-state index contributed by atoms with van der Waals surface area (Å²) in [6.45, 7) is 7.79. The molecular weight excluding hydrogens is 421 g/mol. The van der Waals surface area contributed by atoms with Gasteiger partial charge in [0.2, 0.25) is 0 Å². The van der Waals surface area contributed by atoms with Gasteiger partial charge in [0.1, 0.15) is 17.3 Å². The predicted molar refractivity (Wildman–Crippen MR) is 126 cm³/mol. The lowest BCUT2D eigenvalue weighted by molar-refractivity contribution is 0.0175. The van der Waals surface area contributed by atoms with Crippen LogP contribution in [0.1, 0.15) is 66.0 Å². The Kier molecular flexibility index (Phi) is 7.55. The number of carbonyl (C=O) groups is 1. The molecule has 8 heteroatoms. The molecule has 33 heavy (non-hydrogen) atoms. The zero-order chi connectivity index (χ0) is 23.4. The number of anilines is 1. The van der Waals surface area contributed by atoms with E-state index in [9.17, 15) is 9.18 Å². The van der Waals surface area contributed by atoms with Crippen LogP contribution in [-0.2, 0) is 4.74 Å². The van der Waals surface area contributed by atoms with Crippen LogP contribution in [0.5, 0.6) is 0 Å². The first-order valence-electron chi connectivity index (χ1n) is 11.9. The maximum atomic E-state index is 13.5. The maximum absolute atomic E-state index is 13.5. The molecule has 1 unspecified atom stereocenters. The van der Waals surface area contributed by atoms with Crippen LogP contribution in [-0.4, -0.2) is 66.2 Å². The third kappa shape index (κ3) is 5.68. The van der Waals surface area contributed by atoms with Crippen molar-refractivity contribution in [2.45, 2.75) is 57.6 Å². The Morgan fingerprint density at radius 2 is 1.91 bits per heavy atom. The fraction of sp³-hybridized carbons (Fsp3) is 0.560. The van der Waals surface area contributed by atoms with E-state index < -0.39 is 0 Å². The second kappa shape index (κ2) is 10.6. The minimum Gasteiger partial charge on any atom is -0.381 e. The van der Waals surface area contributed by atoms with Crippen molar-refractivity contribution in [3.63, 3.8) is 0 Å². The van der Waals surface area contributed by atoms with Crippen LogP contribution < -0.4 is 10.6 Å². The highest BCUT2D eigenvalue weighted by molar-refractivity contribution is 5.93. The Bertz CT molecular complexity index is 956. The van der Waals surface area contributed by atoms with Crippen LogP contribution in [0.25, 0.3) is 0 Å². The predicted octanol–water partition coefficient (Wildman–Crippen LogP) is 3.49. The van der Waals surface area contributed by atoms with Crippen molar-refractivity contribution in [1.29, 1.82) is 0 Å². The number of halogens is 1. The van der Waals surface area contributed by atoms with Crippen LogP contribution in [0.15, 0.2) is 24.3 Å². The van der Waals surface area contributed by atoms with Gasteiger partial charge in [-0.05, 0) is 63.4 Å². The van der Waals surface area contributed by atoms with Gasteiger partial charge < -0.3 is 20.3 Å². The number of nitrogens with one attached hydrogen (secondary N) is 2. The van der Waals surface area contributed by atoms with Gasteiger partial charge in [0, 0.05) is 32.2 Å². The summed E-state index contributed by atoms with van der Waals surface area (Å²) in [5.41, 5.74) is 2.55. The molecule has 1 aromatic heterocycles. The van der Waals surface area contributed by atoms with Gasteiger partial charge >= 0.3 is 0 Å². The molecule has 178 valence electrons. The molecule has 1 saturated carbocycles. The number of hydrogen-bond donors (Lipinski definition) is 2. The Hall–Kier alpha value is -2.58. The first-order valence-corrected chi connectivity index (χ1v) is 11.9. The molecule has 1 aliphatic carbocycles. The zero-order valence-electron chi connectivity index (χ0n) is 19.7. The molecule has 1 amide bonds. The molecule has 0 spiro atoms. The van der Waals surface area contributed by atoms with E-state index in [1.165, 1.54) is 25.0 Å². The van der Waals surface area contributed by atoms with E-state index >= 15 is 0 Å². The second-order valence-corrected chi connectivity index (χ2v) is 9.14. The van der Waals surface area contributed by atoms with Gasteiger partial charge in [-0.3, -0.25) is 4.79 Å². The van der Waals surface area contributed by atoms with Crippen molar-refractivity contribution < 1.29 is 13.9 Å². The van der Waals surface area contributed by atoms with Crippen molar-refractivity contribution in [2.75, 3.05) is 38.6 Å². The lowest BCUT2D eigenvalue weighted by atomic mass is 9.89. The van der Waals surface area contributed by atoms with E-state index in [1.54, 1.807) is 19.2 Å². The number of aryl methyl sites for hydroxylation is 1. The fourth-order valence-electron chi connectivity index (χ4n) is 4.56. The van der Waals surface area contributed by atoms with Crippen LogP contribution >= 0.6 is 0 Å². The van der Waals surface area contributed by atoms with E-state index in [0.717, 1.165) is 44.6 Å². The monoisotopic (exact) mass is 455 g/mol. The van der Waals surface area contributed by atoms with Gasteiger partial charge in [0.25, 0.3) is 5.91 Å². The highest BCUT2D eigenvalue weighted by Crippen LogP contribution is 2.29. The number of nitrogens with zero attached hydrogens (tertiary/aromatic N) is 3. The fourth-order valence-corrected chi connectivity index (χ4v) is 4.56. The highest BCUT2D eigenvalue weighted by Gasteiger charge is 2.31. The topological polar surface area (TPSA) is 79.4 Å². The van der Waals surface area contributed by atoms with E-state index in [0.29, 0.717) is 22.9 Å². The van der Waals surface area contributed by atoms with Crippen molar-refractivity contribution in [3.05, 3.63) is 52.7 Å². The van der Waals surface area contributed by atoms with Gasteiger partial charge in [-0.2, -0.15) is 0 Å². The molecule has 2 fully saturated rings. The average molecular weight is 456 g/mol. The lowest BCUT2D eigenvalue weighted by Gasteiger charge is -2.34. The summed E-state index contributed by atoms with van der Waals surface area (Å²) in [6.07, 6.45) is 4.33. The number of hydrogen-bond acceptors (Lipinski definition) is 6. The molecule has 0 bridgehead atoms. The molecule has 2 aromatic rings. The van der Waals surface area contributed by atoms with Gasteiger partial charge in [-0.15, -0.1) is 0 Å². The Balaban J connectivity index is 1.55. The highest BCUT2D eigenvalue weighted by atomic mass is 19.1. The second-order valence-electron chi connectivity index (χ2n) is 9.14. The first-order chi connectivity index (χ1) is 15.9. The number of carbonyl (C=O) groups excluding carboxylic acids is 1. The lowest BCUT2D eigenvalue weighted by Crippen LogP contribution is -2.47. The van der Waals surface area contributed by atoms with Crippen molar-refractivity contribution in [2.24, 2.45) is 0 Å². The molecular formula is C25H34FN5O2. The minimum absolute atomic E-state index is 0.0971. The molecule has 1 aromatic carbocycles. The van der Waals surface area contributed by atoms with Gasteiger partial charge in [-0.25, -0.2) is 14.4 Å². The number of rotatable bonds is 9. The standard InChI is InChI=1S/C25H34FN5O2/c1-16(18-6-8-19(26)9-7-18)22-24(27-10-13-31-11-4-5-12-31)28-17(2)23(30-22)25(32)29-20-14-21(15-20)33-3/h6-9,16,20-21H,4-5,10-15H2,1-3H3,(H,27,28)(H,29,32). The maximum Gasteiger partial charge on any atom is 0.271 e. The summed E-state index contributed by atoms with van der Waals surface area (Å²) in [5, 5.41) is 6.50. The summed E-state index contributed by atoms with van der Waals surface area (Å²) < 4.78 is 18.8. The molecule has 2 aliphatic rings. The van der Waals surface area contributed by atoms with E-state index in [2.05, 4.69) is 15.5 Å². The van der Waals surface area contributed by atoms with Crippen LogP contribution in [0.4, 0.5) is 10.2 Å². The van der Waals surface area contributed by atoms with E-state index in [4.69, 9.17) is 14.7 Å². The van der Waals surface area contributed by atoms with Gasteiger partial charge in [0.15, 0.2) is 0 Å². The first kappa shape index (κ1) is 23.6. The summed E-state index contributed by atoms with van der Waals surface area (Å²) in [4.78, 5) is 25.0. The Labute approximate surface area is 195 Å². The quantitative estimate of drug-likeness (QED) is 0.603. The summed E-state index contributed by atoms with van der Waals surface area (Å²) in [6, 6.07) is 6.51. The largest absolute Gasteiger partial charge is 0.381 e. The number of ether oxygens (including phenoxy) is 1. The van der Waals surface area contributed by atoms with Crippen LogP contribution in [0.3, 0.4) is 0 Å². The number of methoxy groups -OCH3 is 1. The zero-order valence-corrected chi connectivity index (χ0v) is 19.7. The number of aromatic nitrogens is 2. The molecule has 2 N–H and O–H groups in total. The minimum atomic E-state index is -0.278. The number of likely N-dealkylation sites (tertiary alicyclic amines) is 1. The molecule has 1 atom stereocenters. The van der Waals surface area contributed by atoms with Gasteiger partial charge in [-0.1, -0.05) is 19.1 Å². The van der Waals surface area contributed by atoms with Gasteiger partial charge in [0.05, 0.1) is 17.5 Å². The summed E-state index contributed by atoms with van der Waals surface area (Å²) in [7, 11) is 1.69. The Morgan fingerprint density at radius 1 is 1.21 bits per heavy atom. The van der Waals surface area contributed by atoms with E-state index in [1.807, 2.05) is 13.8 Å². The number of benzene rings is 1. The van der Waals surface area contributed by atoms with Crippen LogP contribution in [0.2, 0.25) is 0 Å². The van der Waals surface area contributed by atoms with Crippen LogP contribution in [0, 0.1) is 12.7 Å². The molecule has 2 heterocycles. The van der Waals surface area contributed by atoms with Crippen molar-refractivity contribution in [1.82, 2.24) is 20.2 Å². The number of amides is 1. The summed E-state index contributed by atoms with van der Waals surface area (Å²) >= 11 is 0. The summed E-state index contributed by atoms with van der Waals surface area (Å²) in [5.74, 6) is 0.0415. The Morgan fingerprint density at radius 3 is 2.58 bits per heavy atom. The third-order valence-corrected chi connectivity index (χ3v) is 6.77. The smallest absolute Gasteiger partial charge is 0.271 e. The third-order valence-electron chi connectivity index (χ3n) is 6.77. The molecule has 7 nitrogen and oxygen atoms in total. The van der Waals surface area contributed by atoms with E-state index in [-0.39, 0.29) is 29.8 Å². The van der Waals surface area contributed by atoms with Crippen molar-refractivity contribution in [3.8, 4) is 0 Å².